The third kappa shape index (κ3) is 6.29. The lowest BCUT2D eigenvalue weighted by Crippen LogP contribution is -2.48. The molecule has 0 bridgehead atoms. The van der Waals surface area contributed by atoms with Crippen molar-refractivity contribution in [3.63, 3.8) is 0 Å². The molecule has 0 aromatic carbocycles. The van der Waals surface area contributed by atoms with Crippen LogP contribution in [0.5, 0.6) is 0 Å². The van der Waals surface area contributed by atoms with E-state index in [0.717, 1.165) is 52.6 Å². The monoisotopic (exact) mass is 780 g/mol. The fourth-order valence-corrected chi connectivity index (χ4v) is 17.9. The third-order valence-electron chi connectivity index (χ3n) is 19.4. The Kier molecular flexibility index (Phi) is 11.3. The van der Waals surface area contributed by atoms with E-state index in [-0.39, 0.29) is 0 Å². The average Bonchev–Trinajstić information content (AvgIpc) is 3.76. The van der Waals surface area contributed by atoms with Crippen LogP contribution in [-0.4, -0.2) is 40.4 Å². The highest BCUT2D eigenvalue weighted by Crippen LogP contribution is 2.64. The van der Waals surface area contributed by atoms with Gasteiger partial charge in [0.15, 0.2) is 11.8 Å². The van der Waals surface area contributed by atoms with E-state index < -0.39 is 0 Å². The summed E-state index contributed by atoms with van der Waals surface area (Å²) >= 11 is 7.86. The summed E-state index contributed by atoms with van der Waals surface area (Å²) in [5.41, 5.74) is 7.39. The van der Waals surface area contributed by atoms with E-state index in [0.29, 0.717) is 22.7 Å². The molecule has 10 unspecified atom stereocenters. The van der Waals surface area contributed by atoms with E-state index in [1.54, 1.807) is 11.4 Å². The van der Waals surface area contributed by atoms with Crippen LogP contribution in [0.1, 0.15) is 194 Å². The Morgan fingerprint density at radius 1 is 0.607 bits per heavy atom. The van der Waals surface area contributed by atoms with E-state index in [4.69, 9.17) is 11.6 Å². The lowest BCUT2D eigenvalue weighted by Gasteiger charge is -2.48. The maximum absolute atomic E-state index is 7.86. The second kappa shape index (κ2) is 16.3. The number of nitrogens with zero attached hydrogens (tertiary/aromatic N) is 2. The summed E-state index contributed by atoms with van der Waals surface area (Å²) in [7, 11) is 0. The first kappa shape index (κ1) is 38.9. The van der Waals surface area contributed by atoms with Crippen LogP contribution in [0.4, 0.5) is 0 Å². The summed E-state index contributed by atoms with van der Waals surface area (Å²) in [5, 5.41) is 1.15. The van der Waals surface area contributed by atoms with Crippen molar-refractivity contribution in [1.82, 2.24) is 4.90 Å². The molecule has 7 saturated carbocycles. The zero-order valence-electron chi connectivity index (χ0n) is 36.1. The van der Waals surface area contributed by atoms with Gasteiger partial charge in [0.2, 0.25) is 0 Å². The zero-order valence-corrected chi connectivity index (χ0v) is 36.8. The van der Waals surface area contributed by atoms with Crippen LogP contribution in [0, 0.1) is 58.2 Å². The van der Waals surface area contributed by atoms with Gasteiger partial charge in [-0.1, -0.05) is 121 Å². The Bertz CT molecular complexity index is 1600. The van der Waals surface area contributed by atoms with Crippen LogP contribution < -0.4 is 0 Å². The standard InChI is InChI=1S/C53H80ClN2/c1-3-35-55-47(52(31-13-5-14-32-52)45-27-23-37-17-7-9-19-39(37)50(45)55)29-25-43-41-21-11-12-22-42(41)44(49(43)54)26-30-48-53(33-15-6-16-34-53)46-28-24-38-18-8-10-20-40(38)51(46)56(48)36-4-2/h25-26,29-30,37-42,45-46,50-51H,3-24,27-28,31-36H2,1-2H3/q+1. The number of rotatable bonds is 7. The summed E-state index contributed by atoms with van der Waals surface area (Å²) in [4.78, 5) is 3.07. The van der Waals surface area contributed by atoms with Crippen LogP contribution in [0.2, 0.25) is 0 Å². The first-order valence-corrected chi connectivity index (χ1v) is 25.9. The van der Waals surface area contributed by atoms with E-state index in [9.17, 15) is 0 Å². The van der Waals surface area contributed by atoms with Gasteiger partial charge in [0.05, 0.1) is 5.41 Å². The molecule has 10 rings (SSSR count). The Balaban J connectivity index is 1.04. The van der Waals surface area contributed by atoms with Crippen LogP contribution in [0.15, 0.2) is 46.2 Å². The molecule has 10 atom stereocenters. The molecule has 0 N–H and O–H groups in total. The second-order valence-electron chi connectivity index (χ2n) is 21.7. The Morgan fingerprint density at radius 3 is 1.95 bits per heavy atom. The highest BCUT2D eigenvalue weighted by molar-refractivity contribution is 6.33. The van der Waals surface area contributed by atoms with Crippen molar-refractivity contribution in [2.45, 2.75) is 206 Å². The van der Waals surface area contributed by atoms with E-state index in [2.05, 4.69) is 47.6 Å². The van der Waals surface area contributed by atoms with E-state index >= 15 is 0 Å². The molecule has 8 fully saturated rings. The van der Waals surface area contributed by atoms with Gasteiger partial charge < -0.3 is 4.90 Å². The Labute approximate surface area is 348 Å². The van der Waals surface area contributed by atoms with Crippen molar-refractivity contribution in [3.8, 4) is 0 Å². The van der Waals surface area contributed by atoms with Gasteiger partial charge in [0.1, 0.15) is 6.54 Å². The molecule has 0 aromatic heterocycles. The fraction of sp³-hybridized carbons (Fsp3) is 0.830. The minimum absolute atomic E-state index is 0.408. The van der Waals surface area contributed by atoms with Crippen molar-refractivity contribution in [2.24, 2.45) is 58.2 Å². The van der Waals surface area contributed by atoms with Gasteiger partial charge in [-0.15, -0.1) is 0 Å². The van der Waals surface area contributed by atoms with Gasteiger partial charge in [0.25, 0.3) is 0 Å². The predicted molar refractivity (Wildman–Crippen MR) is 236 cm³/mol. The number of allylic oxidation sites excluding steroid dienone is 8. The lowest BCUT2D eigenvalue weighted by molar-refractivity contribution is -0.577. The van der Waals surface area contributed by atoms with Gasteiger partial charge in [-0.3, -0.25) is 0 Å². The smallest absolute Gasteiger partial charge is 0.183 e. The molecule has 0 aromatic rings. The summed E-state index contributed by atoms with van der Waals surface area (Å²) < 4.78 is 3.07. The van der Waals surface area contributed by atoms with Gasteiger partial charge in [-0.25, -0.2) is 4.58 Å². The van der Waals surface area contributed by atoms with Crippen molar-refractivity contribution in [3.05, 3.63) is 46.2 Å². The highest BCUT2D eigenvalue weighted by Gasteiger charge is 2.63. The van der Waals surface area contributed by atoms with Gasteiger partial charge >= 0.3 is 0 Å². The number of hydrogen-bond acceptors (Lipinski definition) is 1. The van der Waals surface area contributed by atoms with E-state index in [1.165, 1.54) is 204 Å². The molecular formula is C53H80ClN2+. The first-order chi connectivity index (χ1) is 27.6. The molecule has 2 heterocycles. The molecule has 56 heavy (non-hydrogen) atoms. The van der Waals surface area contributed by atoms with Crippen LogP contribution in [-0.2, 0) is 0 Å². The van der Waals surface area contributed by atoms with Crippen LogP contribution in [0.3, 0.4) is 0 Å². The lowest BCUT2D eigenvalue weighted by atomic mass is 9.55. The number of fused-ring (bicyclic) bond motifs is 9. The summed E-state index contributed by atoms with van der Waals surface area (Å²) in [6, 6.07) is 1.59. The number of hydrogen-bond donors (Lipinski definition) is 0. The molecular weight excluding hydrogens is 700 g/mol. The minimum Gasteiger partial charge on any atom is -0.371 e. The Hall–Kier alpha value is -1.28. The molecule has 2 nitrogen and oxygen atoms in total. The zero-order chi connectivity index (χ0) is 37.9. The largest absolute Gasteiger partial charge is 0.371 e. The molecule has 2 spiro atoms. The summed E-state index contributed by atoms with van der Waals surface area (Å²) in [6.07, 6.45) is 50.9. The van der Waals surface area contributed by atoms with E-state index in [1.807, 2.05) is 0 Å². The maximum atomic E-state index is 7.86. The van der Waals surface area contributed by atoms with Crippen molar-refractivity contribution in [1.29, 1.82) is 0 Å². The third-order valence-corrected chi connectivity index (χ3v) is 19.9. The normalized spacial score (nSPS) is 41.8. The topological polar surface area (TPSA) is 6.25 Å². The molecule has 0 radical (unpaired) electrons. The Morgan fingerprint density at radius 2 is 1.23 bits per heavy atom. The molecule has 308 valence electrons. The predicted octanol–water partition coefficient (Wildman–Crippen LogP) is 14.3. The SMILES string of the molecule is CCCN1/C(=C/C=C2C(Cl)=C(/C=C/C3=[N+](CCC)C4C5CCCCC5CCC4C34CCCCC4)C3CCCCC/23)C2(CCCCC2)C2CCC3CCCCC3C21. The molecule has 1 saturated heterocycles. The van der Waals surface area contributed by atoms with Gasteiger partial charge in [0, 0.05) is 53.1 Å². The van der Waals surface area contributed by atoms with Gasteiger partial charge in [-0.2, -0.15) is 0 Å². The second-order valence-corrected chi connectivity index (χ2v) is 22.1. The van der Waals surface area contributed by atoms with Crippen molar-refractivity contribution < 1.29 is 4.58 Å². The van der Waals surface area contributed by atoms with Crippen molar-refractivity contribution in [2.75, 3.05) is 13.1 Å². The molecule has 10 aliphatic rings. The fourth-order valence-electron chi connectivity index (χ4n) is 17.5. The van der Waals surface area contributed by atoms with Crippen LogP contribution in [0.25, 0.3) is 0 Å². The molecule has 8 aliphatic carbocycles. The summed E-state index contributed by atoms with van der Waals surface area (Å²) in [5.74, 6) is 6.80. The first-order valence-electron chi connectivity index (χ1n) is 25.5. The van der Waals surface area contributed by atoms with Crippen LogP contribution >= 0.6 is 11.6 Å². The number of likely N-dealkylation sites (tertiary alicyclic amines) is 1. The van der Waals surface area contributed by atoms with Gasteiger partial charge in [-0.05, 0) is 143 Å². The maximum Gasteiger partial charge on any atom is 0.183 e. The number of halogens is 1. The highest BCUT2D eigenvalue weighted by atomic mass is 35.5. The minimum atomic E-state index is 0.408. The molecule has 3 heteroatoms. The molecule has 0 amide bonds. The quantitative estimate of drug-likeness (QED) is 0.233. The summed E-state index contributed by atoms with van der Waals surface area (Å²) in [6.45, 7) is 7.40. The van der Waals surface area contributed by atoms with Crippen molar-refractivity contribution >= 4 is 17.3 Å². The average molecular weight is 781 g/mol. The molecule has 2 aliphatic heterocycles.